The van der Waals surface area contributed by atoms with E-state index < -0.39 is 0 Å². The molecule has 0 N–H and O–H groups in total. The Morgan fingerprint density at radius 2 is 1.49 bits per heavy atom. The number of hydrogen-bond acceptors (Lipinski definition) is 5. The number of methoxy groups -OCH3 is 1. The quantitative estimate of drug-likeness (QED) is 0.0594. The number of carbonyl (C=O) groups is 1. The van der Waals surface area contributed by atoms with Crippen LogP contribution in [0.4, 0.5) is 0 Å². The highest BCUT2D eigenvalue weighted by Gasteiger charge is 2.72. The average molecular weight is 573 g/mol. The first-order valence-corrected chi connectivity index (χ1v) is 16.8. The lowest BCUT2D eigenvalue weighted by Crippen LogP contribution is -2.55. The van der Waals surface area contributed by atoms with E-state index in [0.717, 1.165) is 32.3 Å². The van der Waals surface area contributed by atoms with E-state index in [2.05, 4.69) is 52.0 Å². The number of allylic oxidation sites excluding steroid dienone is 4. The summed E-state index contributed by atoms with van der Waals surface area (Å²) in [4.78, 5) is 12.7. The minimum Gasteiger partial charge on any atom is -0.459 e. The van der Waals surface area contributed by atoms with E-state index in [4.69, 9.17) is 18.9 Å². The van der Waals surface area contributed by atoms with Gasteiger partial charge in [-0.05, 0) is 78.6 Å². The molecule has 0 aromatic heterocycles. The molecule has 5 nitrogen and oxygen atoms in total. The van der Waals surface area contributed by atoms with Crippen LogP contribution in [0.3, 0.4) is 0 Å². The smallest absolute Gasteiger partial charge is 0.309 e. The first-order chi connectivity index (χ1) is 19.9. The summed E-state index contributed by atoms with van der Waals surface area (Å²) >= 11 is 0. The molecule has 1 aliphatic carbocycles. The Morgan fingerprint density at radius 1 is 0.902 bits per heavy atom. The van der Waals surface area contributed by atoms with Crippen molar-refractivity contribution in [1.29, 1.82) is 0 Å². The summed E-state index contributed by atoms with van der Waals surface area (Å²) in [7, 11) is 1.73. The topological polar surface area (TPSA) is 60.6 Å². The summed E-state index contributed by atoms with van der Waals surface area (Å²) in [5.41, 5.74) is 0.801. The Labute approximate surface area is 251 Å². The SMILES string of the molecule is CCCCCC/C=C/CCCCCCCC/C=C/CC(=O)O[C@@H]1CC[C@]2(CO2)[C@@H]([C@@]2(C)O[C@@H]2CC=C(C)C)[C@@H]1OC. The molecule has 3 fully saturated rings. The molecule has 0 unspecified atom stereocenters. The van der Waals surface area contributed by atoms with E-state index in [0.29, 0.717) is 6.42 Å². The zero-order chi connectivity index (χ0) is 29.6. The molecule has 3 rings (SSSR count). The van der Waals surface area contributed by atoms with E-state index in [1.54, 1.807) is 7.11 Å². The van der Waals surface area contributed by atoms with E-state index in [1.165, 1.54) is 82.6 Å². The van der Waals surface area contributed by atoms with Crippen molar-refractivity contribution >= 4 is 5.97 Å². The lowest BCUT2D eigenvalue weighted by Gasteiger charge is -2.42. The van der Waals surface area contributed by atoms with E-state index in [-0.39, 0.29) is 41.4 Å². The van der Waals surface area contributed by atoms with Gasteiger partial charge in [-0.25, -0.2) is 0 Å². The predicted molar refractivity (Wildman–Crippen MR) is 168 cm³/mol. The van der Waals surface area contributed by atoms with Gasteiger partial charge in [0, 0.05) is 7.11 Å². The Balaban J connectivity index is 1.27. The summed E-state index contributed by atoms with van der Waals surface area (Å²) in [6, 6.07) is 0. The van der Waals surface area contributed by atoms with Gasteiger partial charge in [-0.2, -0.15) is 0 Å². The van der Waals surface area contributed by atoms with Crippen LogP contribution in [0.25, 0.3) is 0 Å². The summed E-state index contributed by atoms with van der Waals surface area (Å²) in [5.74, 6) is -0.105. The number of esters is 1. The van der Waals surface area contributed by atoms with Gasteiger partial charge in [0.2, 0.25) is 0 Å². The molecule has 0 radical (unpaired) electrons. The van der Waals surface area contributed by atoms with Crippen LogP contribution in [-0.2, 0) is 23.7 Å². The molecule has 2 aliphatic heterocycles. The van der Waals surface area contributed by atoms with Crippen molar-refractivity contribution in [3.63, 3.8) is 0 Å². The maximum atomic E-state index is 12.7. The summed E-state index contributed by atoms with van der Waals surface area (Å²) in [6.45, 7) is 9.42. The summed E-state index contributed by atoms with van der Waals surface area (Å²) < 4.78 is 24.3. The van der Waals surface area contributed by atoms with Crippen LogP contribution in [0.5, 0.6) is 0 Å². The zero-order valence-corrected chi connectivity index (χ0v) is 27.0. The van der Waals surface area contributed by atoms with Crippen molar-refractivity contribution in [3.05, 3.63) is 36.0 Å². The number of rotatable bonds is 21. The fourth-order valence-corrected chi connectivity index (χ4v) is 6.74. The number of epoxide rings is 2. The molecule has 5 heteroatoms. The van der Waals surface area contributed by atoms with Gasteiger partial charge >= 0.3 is 5.97 Å². The highest BCUT2D eigenvalue weighted by Crippen LogP contribution is 2.59. The Kier molecular flexibility index (Phi) is 14.6. The first-order valence-electron chi connectivity index (χ1n) is 16.8. The van der Waals surface area contributed by atoms with Crippen LogP contribution in [0.2, 0.25) is 0 Å². The molecule has 1 spiro atoms. The molecule has 0 bridgehead atoms. The van der Waals surface area contributed by atoms with Crippen LogP contribution < -0.4 is 0 Å². The van der Waals surface area contributed by atoms with Crippen LogP contribution in [0.1, 0.15) is 137 Å². The summed E-state index contributed by atoms with van der Waals surface area (Å²) in [6.07, 6.45) is 30.3. The third-order valence-corrected chi connectivity index (χ3v) is 9.35. The molecule has 0 aromatic rings. The van der Waals surface area contributed by atoms with Gasteiger partial charge in [0.15, 0.2) is 0 Å². The fraction of sp³-hybridized carbons (Fsp3) is 0.806. The molecule has 6 atom stereocenters. The lowest BCUT2D eigenvalue weighted by molar-refractivity contribution is -0.171. The van der Waals surface area contributed by atoms with Crippen molar-refractivity contribution in [2.45, 2.75) is 166 Å². The van der Waals surface area contributed by atoms with Crippen molar-refractivity contribution in [2.75, 3.05) is 13.7 Å². The van der Waals surface area contributed by atoms with Gasteiger partial charge in [-0.3, -0.25) is 4.79 Å². The van der Waals surface area contributed by atoms with Crippen LogP contribution in [-0.4, -0.2) is 49.2 Å². The lowest BCUT2D eigenvalue weighted by atomic mass is 9.68. The molecule has 0 amide bonds. The first kappa shape index (κ1) is 34.1. The molecule has 2 heterocycles. The average Bonchev–Trinajstić information content (AvgIpc) is 3.87. The highest BCUT2D eigenvalue weighted by atomic mass is 16.6. The molecule has 2 saturated heterocycles. The molecule has 234 valence electrons. The maximum Gasteiger partial charge on any atom is 0.309 e. The normalized spacial score (nSPS) is 30.8. The Hall–Kier alpha value is -1.43. The van der Waals surface area contributed by atoms with Gasteiger partial charge in [-0.1, -0.05) is 87.8 Å². The van der Waals surface area contributed by atoms with Crippen molar-refractivity contribution in [1.82, 2.24) is 0 Å². The van der Waals surface area contributed by atoms with Crippen molar-refractivity contribution < 1.29 is 23.7 Å². The molecule has 3 aliphatic rings. The van der Waals surface area contributed by atoms with Gasteiger partial charge in [0.25, 0.3) is 0 Å². The second kappa shape index (κ2) is 17.6. The molecule has 0 aromatic carbocycles. The number of carbonyl (C=O) groups excluding carboxylic acids is 1. The molecule has 41 heavy (non-hydrogen) atoms. The molecule has 1 saturated carbocycles. The van der Waals surface area contributed by atoms with Crippen LogP contribution >= 0.6 is 0 Å². The standard InChI is InChI=1S/C36H60O5/c1-6-7-8-9-10-11-12-13-14-15-16-17-18-19-20-21-22-23-32(37)40-30-26-27-36(28-39-36)34(33(30)38-5)35(4)31(41-35)25-24-29(2)3/h11-12,21-22,24,30-31,33-34H,6-10,13-20,23,25-28H2,1-5H3/b12-11+,22-21+/t30-,31-,33-,34-,35+,36+/m1/s1. The van der Waals surface area contributed by atoms with Crippen molar-refractivity contribution in [2.24, 2.45) is 5.92 Å². The molecular formula is C36H60O5. The summed E-state index contributed by atoms with van der Waals surface area (Å²) in [5, 5.41) is 0. The number of unbranched alkanes of at least 4 members (excludes halogenated alkanes) is 11. The Morgan fingerprint density at radius 3 is 2.05 bits per heavy atom. The monoisotopic (exact) mass is 572 g/mol. The largest absolute Gasteiger partial charge is 0.459 e. The minimum absolute atomic E-state index is 0.0643. The third-order valence-electron chi connectivity index (χ3n) is 9.35. The number of hydrogen-bond donors (Lipinski definition) is 0. The minimum atomic E-state index is -0.307. The second-order valence-electron chi connectivity index (χ2n) is 13.1. The van der Waals surface area contributed by atoms with Gasteiger partial charge in [0.1, 0.15) is 23.4 Å². The van der Waals surface area contributed by atoms with Crippen LogP contribution in [0, 0.1) is 5.92 Å². The maximum absolute atomic E-state index is 12.7. The molecular weight excluding hydrogens is 512 g/mol. The fourth-order valence-electron chi connectivity index (χ4n) is 6.74. The van der Waals surface area contributed by atoms with Gasteiger partial charge in [-0.15, -0.1) is 0 Å². The van der Waals surface area contributed by atoms with E-state index in [9.17, 15) is 4.79 Å². The van der Waals surface area contributed by atoms with Crippen LogP contribution in [0.15, 0.2) is 36.0 Å². The van der Waals surface area contributed by atoms with E-state index >= 15 is 0 Å². The zero-order valence-electron chi connectivity index (χ0n) is 27.0. The predicted octanol–water partition coefficient (Wildman–Crippen LogP) is 9.20. The van der Waals surface area contributed by atoms with Crippen molar-refractivity contribution in [3.8, 4) is 0 Å². The second-order valence-corrected chi connectivity index (χ2v) is 13.1. The number of ether oxygens (including phenoxy) is 4. The van der Waals surface area contributed by atoms with Gasteiger partial charge in [0.05, 0.1) is 25.0 Å². The Bertz CT molecular complexity index is 852. The van der Waals surface area contributed by atoms with Gasteiger partial charge < -0.3 is 18.9 Å². The highest BCUT2D eigenvalue weighted by molar-refractivity contribution is 5.71. The third kappa shape index (κ3) is 11.0. The van der Waals surface area contributed by atoms with E-state index in [1.807, 2.05) is 6.08 Å².